The third-order valence-electron chi connectivity index (χ3n) is 5.25. The van der Waals surface area contributed by atoms with E-state index in [-0.39, 0.29) is 11.7 Å². The molecule has 148 valence electrons. The Morgan fingerprint density at radius 3 is 2.71 bits per heavy atom. The van der Waals surface area contributed by atoms with Gasteiger partial charge in [-0.3, -0.25) is 15.6 Å². The number of nitrogens with one attached hydrogen (secondary N) is 3. The fourth-order valence-corrected chi connectivity index (χ4v) is 3.99. The lowest BCUT2D eigenvalue weighted by atomic mass is 10.00. The minimum Gasteiger partial charge on any atom is -0.494 e. The Labute approximate surface area is 168 Å². The number of methoxy groups -OCH3 is 1. The van der Waals surface area contributed by atoms with Gasteiger partial charge in [0.2, 0.25) is 5.91 Å². The summed E-state index contributed by atoms with van der Waals surface area (Å²) in [5.74, 6) is 0.0135. The Hall–Kier alpha value is -2.35. The second kappa shape index (κ2) is 7.95. The molecule has 0 aliphatic carbocycles. The first-order chi connectivity index (χ1) is 13.6. The number of amides is 1. The predicted molar refractivity (Wildman–Crippen MR) is 108 cm³/mol. The van der Waals surface area contributed by atoms with E-state index in [9.17, 15) is 9.18 Å². The van der Waals surface area contributed by atoms with Crippen molar-refractivity contribution < 1.29 is 13.9 Å². The van der Waals surface area contributed by atoms with Gasteiger partial charge in [-0.05, 0) is 36.2 Å². The summed E-state index contributed by atoms with van der Waals surface area (Å²) in [5.41, 5.74) is 8.72. The lowest BCUT2D eigenvalue weighted by molar-refractivity contribution is -0.117. The second-order valence-electron chi connectivity index (χ2n) is 6.99. The molecule has 4 rings (SSSR count). The Morgan fingerprint density at radius 2 is 2.00 bits per heavy atom. The highest BCUT2D eigenvalue weighted by molar-refractivity contribution is 6.34. The van der Waals surface area contributed by atoms with Gasteiger partial charge in [-0.1, -0.05) is 17.7 Å². The van der Waals surface area contributed by atoms with Crippen LogP contribution in [0.2, 0.25) is 5.02 Å². The molecule has 2 aromatic carbocycles. The first kappa shape index (κ1) is 19.0. The maximum Gasteiger partial charge on any atom is 0.249 e. The Bertz CT molecular complexity index is 889. The van der Waals surface area contributed by atoms with Gasteiger partial charge in [0, 0.05) is 37.3 Å². The number of carbonyl (C=O) groups is 1. The first-order valence-corrected chi connectivity index (χ1v) is 9.61. The third-order valence-corrected chi connectivity index (χ3v) is 5.56. The Balaban J connectivity index is 1.48. The van der Waals surface area contributed by atoms with Gasteiger partial charge in [0.05, 0.1) is 17.8 Å². The van der Waals surface area contributed by atoms with Crippen LogP contribution in [-0.4, -0.2) is 38.7 Å². The minimum atomic E-state index is -0.438. The fraction of sp³-hybridized carbons (Fsp3) is 0.350. The molecule has 0 bridgehead atoms. The number of carbonyl (C=O) groups excluding carboxylic acids is 1. The normalized spacial score (nSPS) is 20.0. The van der Waals surface area contributed by atoms with Crippen LogP contribution in [-0.2, 0) is 4.79 Å². The van der Waals surface area contributed by atoms with Crippen LogP contribution in [0.15, 0.2) is 36.4 Å². The molecule has 6 nitrogen and oxygen atoms in total. The van der Waals surface area contributed by atoms with Crippen molar-refractivity contribution in [2.45, 2.75) is 18.4 Å². The van der Waals surface area contributed by atoms with Crippen molar-refractivity contribution in [1.29, 1.82) is 0 Å². The molecule has 0 aromatic heterocycles. The predicted octanol–water partition coefficient (Wildman–Crippen LogP) is 2.90. The van der Waals surface area contributed by atoms with E-state index in [2.05, 4.69) is 16.2 Å². The number of ether oxygens (including phenoxy) is 1. The summed E-state index contributed by atoms with van der Waals surface area (Å²) in [6, 6.07) is 9.96. The van der Waals surface area contributed by atoms with E-state index in [1.807, 2.05) is 18.2 Å². The average Bonchev–Trinajstić information content (AvgIpc) is 3.34. The highest BCUT2D eigenvalue weighted by Gasteiger charge is 2.34. The topological polar surface area (TPSA) is 65.6 Å². The molecule has 1 unspecified atom stereocenters. The zero-order chi connectivity index (χ0) is 19.7. The zero-order valence-corrected chi connectivity index (χ0v) is 16.2. The SMILES string of the molecule is COc1cc(NC2CCN(c3ccc(C4CNNC4)cc3Cl)C2=O)ccc1F. The molecule has 8 heteroatoms. The van der Waals surface area contributed by atoms with E-state index < -0.39 is 11.9 Å². The lowest BCUT2D eigenvalue weighted by Gasteiger charge is -2.20. The molecule has 3 N–H and O–H groups in total. The molecule has 2 fully saturated rings. The molecule has 2 saturated heterocycles. The molecule has 2 aliphatic rings. The summed E-state index contributed by atoms with van der Waals surface area (Å²) in [7, 11) is 1.41. The van der Waals surface area contributed by atoms with Crippen LogP contribution in [0.4, 0.5) is 15.8 Å². The van der Waals surface area contributed by atoms with Gasteiger partial charge in [0.1, 0.15) is 6.04 Å². The number of hydrogen-bond donors (Lipinski definition) is 3. The second-order valence-corrected chi connectivity index (χ2v) is 7.40. The van der Waals surface area contributed by atoms with Gasteiger partial charge in [-0.2, -0.15) is 0 Å². The molecule has 2 aliphatic heterocycles. The largest absolute Gasteiger partial charge is 0.494 e. The van der Waals surface area contributed by atoms with Crippen LogP contribution in [0.5, 0.6) is 5.75 Å². The van der Waals surface area contributed by atoms with Crippen LogP contribution < -0.4 is 25.8 Å². The van der Waals surface area contributed by atoms with Gasteiger partial charge < -0.3 is 15.0 Å². The summed E-state index contributed by atoms with van der Waals surface area (Å²) in [5, 5.41) is 3.74. The van der Waals surface area contributed by atoms with Crippen LogP contribution in [0.25, 0.3) is 0 Å². The molecule has 0 saturated carbocycles. The van der Waals surface area contributed by atoms with Crippen molar-refractivity contribution in [2.24, 2.45) is 0 Å². The maximum atomic E-state index is 13.6. The van der Waals surface area contributed by atoms with Gasteiger partial charge in [0.25, 0.3) is 0 Å². The number of nitrogens with zero attached hydrogens (tertiary/aromatic N) is 1. The quantitative estimate of drug-likeness (QED) is 0.715. The summed E-state index contributed by atoms with van der Waals surface area (Å²) < 4.78 is 18.6. The van der Waals surface area contributed by atoms with Gasteiger partial charge in [-0.15, -0.1) is 0 Å². The summed E-state index contributed by atoms with van der Waals surface area (Å²) in [6.45, 7) is 2.28. The molecule has 2 aromatic rings. The standard InChI is InChI=1S/C20H22ClFN4O2/c1-28-19-9-14(3-4-16(19)22)25-17-6-7-26(20(17)27)18-5-2-12(8-15(18)21)13-10-23-24-11-13/h2-5,8-9,13,17,23-25H,6-7,10-11H2,1H3. The van der Waals surface area contributed by atoms with Crippen molar-refractivity contribution in [3.8, 4) is 5.75 Å². The molecule has 28 heavy (non-hydrogen) atoms. The summed E-state index contributed by atoms with van der Waals surface area (Å²) in [4.78, 5) is 14.6. The molecular formula is C20H22ClFN4O2. The van der Waals surface area contributed by atoms with E-state index in [1.165, 1.54) is 13.2 Å². The van der Waals surface area contributed by atoms with Crippen molar-refractivity contribution in [3.05, 3.63) is 52.8 Å². The first-order valence-electron chi connectivity index (χ1n) is 9.23. The summed E-state index contributed by atoms with van der Waals surface area (Å²) >= 11 is 6.50. The van der Waals surface area contributed by atoms with E-state index in [0.717, 1.165) is 24.3 Å². The maximum absolute atomic E-state index is 13.6. The third kappa shape index (κ3) is 3.65. The number of hydrazine groups is 1. The van der Waals surface area contributed by atoms with Gasteiger partial charge in [-0.25, -0.2) is 4.39 Å². The Morgan fingerprint density at radius 1 is 1.21 bits per heavy atom. The van der Waals surface area contributed by atoms with Crippen molar-refractivity contribution in [2.75, 3.05) is 37.0 Å². The fourth-order valence-electron chi connectivity index (χ4n) is 3.70. The molecule has 0 radical (unpaired) electrons. The Kier molecular flexibility index (Phi) is 5.39. The smallest absolute Gasteiger partial charge is 0.249 e. The van der Waals surface area contributed by atoms with Crippen molar-refractivity contribution in [3.63, 3.8) is 0 Å². The van der Waals surface area contributed by atoms with E-state index in [4.69, 9.17) is 16.3 Å². The van der Waals surface area contributed by atoms with Gasteiger partial charge in [0.15, 0.2) is 11.6 Å². The van der Waals surface area contributed by atoms with Crippen LogP contribution in [0, 0.1) is 5.82 Å². The minimum absolute atomic E-state index is 0.0536. The van der Waals surface area contributed by atoms with Crippen LogP contribution >= 0.6 is 11.6 Å². The summed E-state index contributed by atoms with van der Waals surface area (Å²) in [6.07, 6.45) is 0.632. The van der Waals surface area contributed by atoms with Crippen LogP contribution in [0.3, 0.4) is 0 Å². The zero-order valence-electron chi connectivity index (χ0n) is 15.5. The molecule has 1 amide bonds. The lowest BCUT2D eigenvalue weighted by Crippen LogP contribution is -2.33. The number of benzene rings is 2. The van der Waals surface area contributed by atoms with E-state index in [0.29, 0.717) is 29.6 Å². The van der Waals surface area contributed by atoms with Crippen LogP contribution in [0.1, 0.15) is 17.9 Å². The number of hydrogen-bond acceptors (Lipinski definition) is 5. The van der Waals surface area contributed by atoms with Crippen molar-refractivity contribution in [1.82, 2.24) is 10.9 Å². The molecular weight excluding hydrogens is 383 g/mol. The highest BCUT2D eigenvalue weighted by Crippen LogP contribution is 2.33. The molecule has 0 spiro atoms. The molecule has 1 atom stereocenters. The van der Waals surface area contributed by atoms with Gasteiger partial charge >= 0.3 is 0 Å². The number of anilines is 2. The number of halogens is 2. The monoisotopic (exact) mass is 404 g/mol. The highest BCUT2D eigenvalue weighted by atomic mass is 35.5. The van der Waals surface area contributed by atoms with Crippen molar-refractivity contribution >= 4 is 28.9 Å². The molecule has 2 heterocycles. The van der Waals surface area contributed by atoms with E-state index in [1.54, 1.807) is 17.0 Å². The number of rotatable bonds is 5. The average molecular weight is 405 g/mol. The van der Waals surface area contributed by atoms with E-state index >= 15 is 0 Å².